The number of halogens is 2. The van der Waals surface area contributed by atoms with Crippen molar-refractivity contribution in [2.24, 2.45) is 0 Å². The zero-order valence-corrected chi connectivity index (χ0v) is 19.0. The molecular weight excluding hydrogens is 447 g/mol. The standard InChI is InChI=1S/C25H20Cl2N2O3/c1-15-7-12-19(13-20(15)27)28-23-22(16-8-10-18(26)11-9-16)24(30)29(25(23)31)14-17-5-3-4-6-21(17)32-2/h3-13,28H,14H2,1-2H3. The second kappa shape index (κ2) is 9.07. The number of anilines is 1. The predicted octanol–water partition coefficient (Wildman–Crippen LogP) is 5.70. The quantitative estimate of drug-likeness (QED) is 0.473. The molecule has 0 spiro atoms. The Kier molecular flexibility index (Phi) is 6.21. The van der Waals surface area contributed by atoms with Gasteiger partial charge in [-0.05, 0) is 48.4 Å². The van der Waals surface area contributed by atoms with Crippen LogP contribution in [0.5, 0.6) is 5.75 Å². The third-order valence-corrected chi connectivity index (χ3v) is 5.92. The average Bonchev–Trinajstić information content (AvgIpc) is 3.01. The molecule has 0 fully saturated rings. The highest BCUT2D eigenvalue weighted by molar-refractivity contribution is 6.37. The van der Waals surface area contributed by atoms with Gasteiger partial charge in [0.25, 0.3) is 11.8 Å². The molecule has 0 unspecified atom stereocenters. The van der Waals surface area contributed by atoms with Crippen LogP contribution in [0.1, 0.15) is 16.7 Å². The van der Waals surface area contributed by atoms with E-state index in [0.29, 0.717) is 27.0 Å². The fraction of sp³-hybridized carbons (Fsp3) is 0.120. The lowest BCUT2D eigenvalue weighted by Crippen LogP contribution is -2.32. The van der Waals surface area contributed by atoms with E-state index in [-0.39, 0.29) is 17.8 Å². The van der Waals surface area contributed by atoms with Crippen LogP contribution >= 0.6 is 23.2 Å². The molecule has 3 aromatic carbocycles. The summed E-state index contributed by atoms with van der Waals surface area (Å²) in [6.07, 6.45) is 0. The first-order valence-electron chi connectivity index (χ1n) is 9.90. The molecule has 0 saturated carbocycles. The van der Waals surface area contributed by atoms with Crippen LogP contribution in [-0.4, -0.2) is 23.8 Å². The Balaban J connectivity index is 1.75. The van der Waals surface area contributed by atoms with E-state index in [2.05, 4.69) is 5.32 Å². The number of hydrogen-bond acceptors (Lipinski definition) is 4. The second-order valence-electron chi connectivity index (χ2n) is 7.35. The molecule has 0 saturated heterocycles. The summed E-state index contributed by atoms with van der Waals surface area (Å²) >= 11 is 12.3. The van der Waals surface area contributed by atoms with Crippen molar-refractivity contribution in [3.63, 3.8) is 0 Å². The van der Waals surface area contributed by atoms with Gasteiger partial charge in [0.1, 0.15) is 11.4 Å². The Morgan fingerprint density at radius 3 is 2.34 bits per heavy atom. The Morgan fingerprint density at radius 2 is 1.66 bits per heavy atom. The average molecular weight is 467 g/mol. The maximum absolute atomic E-state index is 13.4. The number of imide groups is 1. The summed E-state index contributed by atoms with van der Waals surface area (Å²) in [6.45, 7) is 1.97. The van der Waals surface area contributed by atoms with Gasteiger partial charge >= 0.3 is 0 Å². The molecule has 2 amide bonds. The largest absolute Gasteiger partial charge is 0.496 e. The minimum absolute atomic E-state index is 0.0819. The Bertz CT molecular complexity index is 1240. The van der Waals surface area contributed by atoms with Crippen LogP contribution in [0.25, 0.3) is 5.57 Å². The third kappa shape index (κ3) is 4.22. The van der Waals surface area contributed by atoms with E-state index in [1.165, 1.54) is 4.90 Å². The number of ether oxygens (including phenoxy) is 1. The number of para-hydroxylation sites is 1. The van der Waals surface area contributed by atoms with Crippen molar-refractivity contribution in [1.82, 2.24) is 4.90 Å². The van der Waals surface area contributed by atoms with Gasteiger partial charge in [0.05, 0.1) is 19.2 Å². The summed E-state index contributed by atoms with van der Waals surface area (Å²) in [5, 5.41) is 4.22. The molecule has 1 N–H and O–H groups in total. The zero-order chi connectivity index (χ0) is 22.8. The van der Waals surface area contributed by atoms with Crippen molar-refractivity contribution in [1.29, 1.82) is 0 Å². The van der Waals surface area contributed by atoms with Crippen LogP contribution in [0, 0.1) is 6.92 Å². The molecule has 1 heterocycles. The number of nitrogens with one attached hydrogen (secondary N) is 1. The summed E-state index contributed by atoms with van der Waals surface area (Å²) in [7, 11) is 1.55. The first-order chi connectivity index (χ1) is 15.4. The lowest BCUT2D eigenvalue weighted by Gasteiger charge is -2.17. The van der Waals surface area contributed by atoms with E-state index >= 15 is 0 Å². The molecule has 3 aromatic rings. The van der Waals surface area contributed by atoms with Crippen LogP contribution in [0.3, 0.4) is 0 Å². The lowest BCUT2D eigenvalue weighted by molar-refractivity contribution is -0.137. The van der Waals surface area contributed by atoms with Crippen LogP contribution < -0.4 is 10.1 Å². The molecule has 1 aliphatic heterocycles. The predicted molar refractivity (Wildman–Crippen MR) is 127 cm³/mol. The maximum Gasteiger partial charge on any atom is 0.278 e. The van der Waals surface area contributed by atoms with Crippen molar-refractivity contribution in [3.8, 4) is 5.75 Å². The van der Waals surface area contributed by atoms with Gasteiger partial charge in [-0.3, -0.25) is 14.5 Å². The number of aryl methyl sites for hydroxylation is 1. The molecule has 7 heteroatoms. The fourth-order valence-electron chi connectivity index (χ4n) is 3.54. The van der Waals surface area contributed by atoms with Crippen molar-refractivity contribution >= 4 is 46.3 Å². The molecule has 0 bridgehead atoms. The fourth-order valence-corrected chi connectivity index (χ4v) is 3.85. The number of methoxy groups -OCH3 is 1. The number of amides is 2. The molecule has 32 heavy (non-hydrogen) atoms. The van der Waals surface area contributed by atoms with E-state index in [9.17, 15) is 9.59 Å². The minimum atomic E-state index is -0.428. The van der Waals surface area contributed by atoms with Crippen molar-refractivity contribution in [2.45, 2.75) is 13.5 Å². The van der Waals surface area contributed by atoms with Crippen molar-refractivity contribution in [3.05, 3.63) is 99.2 Å². The Labute approximate surface area is 196 Å². The van der Waals surface area contributed by atoms with Crippen LogP contribution in [0.4, 0.5) is 5.69 Å². The first-order valence-corrected chi connectivity index (χ1v) is 10.7. The SMILES string of the molecule is COc1ccccc1CN1C(=O)C(Nc2ccc(C)c(Cl)c2)=C(c2ccc(Cl)cc2)C1=O. The highest BCUT2D eigenvalue weighted by atomic mass is 35.5. The number of rotatable bonds is 6. The van der Waals surface area contributed by atoms with E-state index in [1.54, 1.807) is 43.5 Å². The van der Waals surface area contributed by atoms with Gasteiger partial charge in [0, 0.05) is 21.3 Å². The molecular formula is C25H20Cl2N2O3. The maximum atomic E-state index is 13.4. The summed E-state index contributed by atoms with van der Waals surface area (Å²) < 4.78 is 5.39. The molecule has 1 aliphatic rings. The van der Waals surface area contributed by atoms with Gasteiger partial charge in [-0.2, -0.15) is 0 Å². The minimum Gasteiger partial charge on any atom is -0.496 e. The molecule has 0 atom stereocenters. The number of nitrogens with zero attached hydrogens (tertiary/aromatic N) is 1. The second-order valence-corrected chi connectivity index (χ2v) is 8.20. The highest BCUT2D eigenvalue weighted by Gasteiger charge is 2.39. The topological polar surface area (TPSA) is 58.6 Å². The van der Waals surface area contributed by atoms with E-state index in [0.717, 1.165) is 11.1 Å². The molecule has 4 rings (SSSR count). The normalized spacial score (nSPS) is 13.7. The molecule has 0 radical (unpaired) electrons. The summed E-state index contributed by atoms with van der Waals surface area (Å²) in [4.78, 5) is 28.1. The monoisotopic (exact) mass is 466 g/mol. The summed E-state index contributed by atoms with van der Waals surface area (Å²) in [5.74, 6) is -0.223. The van der Waals surface area contributed by atoms with Crippen LogP contribution in [0.15, 0.2) is 72.4 Å². The van der Waals surface area contributed by atoms with Gasteiger partial charge in [-0.25, -0.2) is 0 Å². The summed E-state index contributed by atoms with van der Waals surface area (Å²) in [6, 6.07) is 19.5. The van der Waals surface area contributed by atoms with E-state index < -0.39 is 11.8 Å². The van der Waals surface area contributed by atoms with Crippen LogP contribution in [-0.2, 0) is 16.1 Å². The number of carbonyl (C=O) groups excluding carboxylic acids is 2. The lowest BCUT2D eigenvalue weighted by atomic mass is 10.0. The van der Waals surface area contributed by atoms with Gasteiger partial charge in [0.15, 0.2) is 0 Å². The highest BCUT2D eigenvalue weighted by Crippen LogP contribution is 2.34. The van der Waals surface area contributed by atoms with E-state index in [1.807, 2.05) is 37.3 Å². The molecule has 0 aromatic heterocycles. The van der Waals surface area contributed by atoms with Crippen molar-refractivity contribution in [2.75, 3.05) is 12.4 Å². The molecule has 5 nitrogen and oxygen atoms in total. The Hall–Kier alpha value is -3.28. The Morgan fingerprint density at radius 1 is 0.938 bits per heavy atom. The van der Waals surface area contributed by atoms with E-state index in [4.69, 9.17) is 27.9 Å². The van der Waals surface area contributed by atoms with Gasteiger partial charge in [-0.15, -0.1) is 0 Å². The smallest absolute Gasteiger partial charge is 0.278 e. The first kappa shape index (κ1) is 21.9. The van der Waals surface area contributed by atoms with Crippen molar-refractivity contribution < 1.29 is 14.3 Å². The molecule has 0 aliphatic carbocycles. The zero-order valence-electron chi connectivity index (χ0n) is 17.5. The number of hydrogen-bond donors (Lipinski definition) is 1. The van der Waals surface area contributed by atoms with Gasteiger partial charge < -0.3 is 10.1 Å². The summed E-state index contributed by atoms with van der Waals surface area (Å²) in [5.41, 5.74) is 3.31. The van der Waals surface area contributed by atoms with Crippen LogP contribution in [0.2, 0.25) is 10.0 Å². The number of carbonyl (C=O) groups is 2. The van der Waals surface area contributed by atoms with Gasteiger partial charge in [0.2, 0.25) is 0 Å². The van der Waals surface area contributed by atoms with Gasteiger partial charge in [-0.1, -0.05) is 59.6 Å². The number of benzene rings is 3. The molecule has 162 valence electrons. The third-order valence-electron chi connectivity index (χ3n) is 5.26.